The van der Waals surface area contributed by atoms with Crippen LogP contribution >= 0.6 is 0 Å². The van der Waals surface area contributed by atoms with Crippen LogP contribution in [0, 0.1) is 0 Å². The minimum absolute atomic E-state index is 0.135. The van der Waals surface area contributed by atoms with Gasteiger partial charge in [-0.15, -0.1) is 0 Å². The second-order valence-corrected chi connectivity index (χ2v) is 5.82. The topological polar surface area (TPSA) is 94.8 Å². The van der Waals surface area contributed by atoms with Crippen molar-refractivity contribution in [2.45, 2.75) is 13.5 Å². The summed E-state index contributed by atoms with van der Waals surface area (Å²) in [5.41, 5.74) is 3.02. The lowest BCUT2D eigenvalue weighted by Crippen LogP contribution is -2.28. The number of methoxy groups -OCH3 is 2. The highest BCUT2D eigenvalue weighted by Gasteiger charge is 2.15. The van der Waals surface area contributed by atoms with Gasteiger partial charge in [-0.2, -0.15) is 10.2 Å². The smallest absolute Gasteiger partial charge is 0.292 e. The molecule has 28 heavy (non-hydrogen) atoms. The summed E-state index contributed by atoms with van der Waals surface area (Å²) in [6, 6.07) is 12.1. The molecule has 1 heterocycles. The van der Waals surface area contributed by atoms with Crippen molar-refractivity contribution in [2.24, 2.45) is 5.10 Å². The average molecular weight is 380 g/mol. The molecule has 8 heteroatoms. The molecule has 0 unspecified atom stereocenters. The van der Waals surface area contributed by atoms with Gasteiger partial charge in [-0.25, -0.2) is 10.1 Å². The molecule has 0 fully saturated rings. The van der Waals surface area contributed by atoms with E-state index >= 15 is 0 Å². The number of carbonyl (C=O) groups excluding carboxylic acids is 1. The molecule has 8 nitrogen and oxygen atoms in total. The van der Waals surface area contributed by atoms with Crippen LogP contribution < -0.4 is 20.5 Å². The molecule has 0 radical (unpaired) electrons. The van der Waals surface area contributed by atoms with Crippen molar-refractivity contribution in [3.05, 3.63) is 64.1 Å². The fourth-order valence-electron chi connectivity index (χ4n) is 2.76. The highest BCUT2D eigenvalue weighted by molar-refractivity contribution is 6.05. The van der Waals surface area contributed by atoms with Gasteiger partial charge in [-0.05, 0) is 25.1 Å². The number of aryl methyl sites for hydroxylation is 1. The number of benzene rings is 2. The Bertz CT molecular complexity index is 1110. The van der Waals surface area contributed by atoms with Crippen LogP contribution in [0.5, 0.6) is 11.5 Å². The molecule has 0 aliphatic rings. The van der Waals surface area contributed by atoms with Gasteiger partial charge in [0.1, 0.15) is 11.5 Å². The summed E-state index contributed by atoms with van der Waals surface area (Å²) >= 11 is 0. The molecule has 144 valence electrons. The molecular formula is C20H20N4O4. The van der Waals surface area contributed by atoms with Gasteiger partial charge in [0, 0.05) is 23.6 Å². The number of nitrogens with one attached hydrogen (secondary N) is 1. The van der Waals surface area contributed by atoms with E-state index in [1.165, 1.54) is 18.0 Å². The van der Waals surface area contributed by atoms with E-state index in [2.05, 4.69) is 15.6 Å². The summed E-state index contributed by atoms with van der Waals surface area (Å²) < 4.78 is 11.7. The maximum absolute atomic E-state index is 12.6. The van der Waals surface area contributed by atoms with E-state index in [-0.39, 0.29) is 11.3 Å². The molecule has 0 saturated carbocycles. The van der Waals surface area contributed by atoms with Crippen LogP contribution in [0.2, 0.25) is 0 Å². The van der Waals surface area contributed by atoms with Gasteiger partial charge in [-0.3, -0.25) is 9.59 Å². The monoisotopic (exact) mass is 380 g/mol. The van der Waals surface area contributed by atoms with Crippen LogP contribution in [0.1, 0.15) is 23.0 Å². The Kier molecular flexibility index (Phi) is 5.69. The number of amides is 1. The number of hydrogen-bond acceptors (Lipinski definition) is 6. The van der Waals surface area contributed by atoms with Gasteiger partial charge in [0.05, 0.1) is 25.8 Å². The van der Waals surface area contributed by atoms with Crippen LogP contribution in [0.15, 0.2) is 52.4 Å². The van der Waals surface area contributed by atoms with Gasteiger partial charge >= 0.3 is 0 Å². The zero-order valence-corrected chi connectivity index (χ0v) is 15.8. The third-order valence-electron chi connectivity index (χ3n) is 4.19. The summed E-state index contributed by atoms with van der Waals surface area (Å²) in [6.07, 6.45) is 1.47. The van der Waals surface area contributed by atoms with E-state index in [1.807, 2.05) is 0 Å². The Morgan fingerprint density at radius 1 is 1.18 bits per heavy atom. The van der Waals surface area contributed by atoms with E-state index < -0.39 is 5.91 Å². The lowest BCUT2D eigenvalue weighted by Gasteiger charge is -2.09. The van der Waals surface area contributed by atoms with E-state index in [0.29, 0.717) is 34.4 Å². The third-order valence-corrected chi connectivity index (χ3v) is 4.19. The zero-order chi connectivity index (χ0) is 20.1. The van der Waals surface area contributed by atoms with E-state index in [9.17, 15) is 9.59 Å². The molecule has 0 aliphatic heterocycles. The maximum atomic E-state index is 12.6. The first-order valence-corrected chi connectivity index (χ1v) is 8.64. The van der Waals surface area contributed by atoms with Gasteiger partial charge in [0.15, 0.2) is 5.69 Å². The first-order valence-electron chi connectivity index (χ1n) is 8.64. The molecule has 0 aliphatic carbocycles. The predicted molar refractivity (Wildman–Crippen MR) is 106 cm³/mol. The molecule has 3 aromatic rings. The number of hydrogen-bond donors (Lipinski definition) is 1. The number of ether oxygens (including phenoxy) is 2. The molecule has 2 aromatic carbocycles. The number of fused-ring (bicyclic) bond motifs is 1. The van der Waals surface area contributed by atoms with E-state index in [1.54, 1.807) is 56.5 Å². The number of nitrogens with zero attached hydrogens (tertiary/aromatic N) is 3. The van der Waals surface area contributed by atoms with Crippen LogP contribution in [0.25, 0.3) is 10.8 Å². The largest absolute Gasteiger partial charge is 0.497 e. The summed E-state index contributed by atoms with van der Waals surface area (Å²) in [6.45, 7) is 2.15. The standard InChI is InChI=1S/C20H20N4O4/c1-4-24-20(26)16-8-6-5-7-15(16)18(23-24)19(25)22-21-12-13-9-10-14(27-2)11-17(13)28-3/h5-12H,4H2,1-3H3,(H,22,25). The highest BCUT2D eigenvalue weighted by atomic mass is 16.5. The zero-order valence-electron chi connectivity index (χ0n) is 15.8. The molecule has 0 atom stereocenters. The summed E-state index contributed by atoms with van der Waals surface area (Å²) in [4.78, 5) is 25.0. The van der Waals surface area contributed by atoms with Crippen molar-refractivity contribution in [2.75, 3.05) is 14.2 Å². The summed E-state index contributed by atoms with van der Waals surface area (Å²) in [5, 5.41) is 9.09. The molecular weight excluding hydrogens is 360 g/mol. The van der Waals surface area contributed by atoms with E-state index in [4.69, 9.17) is 9.47 Å². The van der Waals surface area contributed by atoms with Crippen molar-refractivity contribution in [3.8, 4) is 11.5 Å². The molecule has 1 aromatic heterocycles. The molecule has 1 N–H and O–H groups in total. The predicted octanol–water partition coefficient (Wildman–Crippen LogP) is 2.20. The van der Waals surface area contributed by atoms with Crippen LogP contribution in [0.3, 0.4) is 0 Å². The molecule has 0 spiro atoms. The van der Waals surface area contributed by atoms with Gasteiger partial charge in [0.2, 0.25) is 0 Å². The Hall–Kier alpha value is -3.68. The van der Waals surface area contributed by atoms with Gasteiger partial charge in [0.25, 0.3) is 11.5 Å². The van der Waals surface area contributed by atoms with Crippen LogP contribution in [-0.2, 0) is 6.54 Å². The minimum Gasteiger partial charge on any atom is -0.497 e. The van der Waals surface area contributed by atoms with Crippen LogP contribution in [0.4, 0.5) is 0 Å². The number of carbonyl (C=O) groups is 1. The van der Waals surface area contributed by atoms with Gasteiger partial charge < -0.3 is 9.47 Å². The molecule has 1 amide bonds. The SMILES string of the molecule is CCn1nc(C(=O)NN=Cc2ccc(OC)cc2OC)c2ccccc2c1=O. The van der Waals surface area contributed by atoms with Crippen molar-refractivity contribution in [3.63, 3.8) is 0 Å². The Morgan fingerprint density at radius 3 is 2.61 bits per heavy atom. The molecule has 0 saturated heterocycles. The summed E-state index contributed by atoms with van der Waals surface area (Å²) in [7, 11) is 3.10. The minimum atomic E-state index is -0.512. The second-order valence-electron chi connectivity index (χ2n) is 5.82. The maximum Gasteiger partial charge on any atom is 0.292 e. The number of aromatic nitrogens is 2. The molecule has 3 rings (SSSR count). The second kappa shape index (κ2) is 8.34. The van der Waals surface area contributed by atoms with E-state index in [0.717, 1.165) is 0 Å². The van der Waals surface area contributed by atoms with Crippen molar-refractivity contribution < 1.29 is 14.3 Å². The lowest BCUT2D eigenvalue weighted by atomic mass is 10.1. The number of hydrazone groups is 1. The summed E-state index contributed by atoms with van der Waals surface area (Å²) in [5.74, 6) is 0.693. The van der Waals surface area contributed by atoms with Crippen molar-refractivity contribution in [1.29, 1.82) is 0 Å². The number of rotatable bonds is 6. The fraction of sp³-hybridized carbons (Fsp3) is 0.200. The quantitative estimate of drug-likeness (QED) is 0.523. The Labute approximate surface area is 161 Å². The Balaban J connectivity index is 1.89. The average Bonchev–Trinajstić information content (AvgIpc) is 2.74. The third kappa shape index (κ3) is 3.71. The highest BCUT2D eigenvalue weighted by Crippen LogP contribution is 2.23. The van der Waals surface area contributed by atoms with Crippen LogP contribution in [-0.4, -0.2) is 36.1 Å². The van der Waals surface area contributed by atoms with Crippen molar-refractivity contribution in [1.82, 2.24) is 15.2 Å². The van der Waals surface area contributed by atoms with Gasteiger partial charge in [-0.1, -0.05) is 18.2 Å². The van der Waals surface area contributed by atoms with Crippen molar-refractivity contribution >= 4 is 22.9 Å². The lowest BCUT2D eigenvalue weighted by molar-refractivity contribution is 0.0949. The fourth-order valence-corrected chi connectivity index (χ4v) is 2.76. The normalized spacial score (nSPS) is 11.0. The molecule has 0 bridgehead atoms. The first-order chi connectivity index (χ1) is 13.6. The Morgan fingerprint density at radius 2 is 1.93 bits per heavy atom. The first kappa shape index (κ1) is 19.1.